The van der Waals surface area contributed by atoms with Crippen LogP contribution in [0.1, 0.15) is 105 Å². The van der Waals surface area contributed by atoms with E-state index in [1.807, 2.05) is 114 Å². The van der Waals surface area contributed by atoms with Crippen molar-refractivity contribution >= 4 is 32.3 Å². The van der Waals surface area contributed by atoms with Gasteiger partial charge < -0.3 is 32.9 Å². The normalized spacial score (nSPS) is 17.6. The monoisotopic (exact) mass is 994 g/mol. The lowest BCUT2D eigenvalue weighted by atomic mass is 9.80. The molecule has 5 aromatic carbocycles. The number of anilines is 1. The van der Waals surface area contributed by atoms with Crippen LogP contribution in [-0.4, -0.2) is 71.9 Å². The Morgan fingerprint density at radius 1 is 0.764 bits per heavy atom. The van der Waals surface area contributed by atoms with Gasteiger partial charge in [-0.2, -0.15) is 0 Å². The summed E-state index contributed by atoms with van der Waals surface area (Å²) in [6.45, 7) is 11.1. The van der Waals surface area contributed by atoms with Crippen molar-refractivity contribution in [2.45, 2.75) is 109 Å². The third kappa shape index (κ3) is 11.8. The van der Waals surface area contributed by atoms with Gasteiger partial charge in [-0.15, -0.1) is 0 Å². The molecule has 1 saturated heterocycles. The molecule has 14 heteroatoms. The van der Waals surface area contributed by atoms with Gasteiger partial charge in [0.05, 0.1) is 45.8 Å². The highest BCUT2D eigenvalue weighted by Crippen LogP contribution is 2.51. The molecule has 3 heterocycles. The van der Waals surface area contributed by atoms with E-state index in [1.165, 1.54) is 10.8 Å². The minimum atomic E-state index is -1.69. The molecule has 1 amide bonds. The fourth-order valence-electron chi connectivity index (χ4n) is 9.66. The molecule has 4 atom stereocenters. The number of nitrogens with zero attached hydrogens (tertiary/aromatic N) is 3. The molecule has 8 rings (SSSR count). The first kappa shape index (κ1) is 52.2. The minimum Gasteiger partial charge on any atom is -0.497 e. The van der Waals surface area contributed by atoms with Crippen LogP contribution in [0.5, 0.6) is 11.5 Å². The molecule has 0 spiro atoms. The summed E-state index contributed by atoms with van der Waals surface area (Å²) in [7, 11) is 1.59. The predicted molar refractivity (Wildman–Crippen MR) is 284 cm³/mol. The van der Waals surface area contributed by atoms with Crippen LogP contribution >= 0.6 is 8.53 Å². The molecule has 1 fully saturated rings. The summed E-state index contributed by atoms with van der Waals surface area (Å²) in [6, 6.07) is 42.1. The zero-order chi connectivity index (χ0) is 50.8. The van der Waals surface area contributed by atoms with Crippen molar-refractivity contribution in [1.82, 2.24) is 14.2 Å². The molecule has 0 radical (unpaired) electrons. The van der Waals surface area contributed by atoms with Crippen molar-refractivity contribution in [3.05, 3.63) is 193 Å². The van der Waals surface area contributed by atoms with Crippen LogP contribution in [-0.2, 0) is 35.5 Å². The Morgan fingerprint density at radius 2 is 1.36 bits per heavy atom. The third-order valence-electron chi connectivity index (χ3n) is 13.3. The van der Waals surface area contributed by atoms with Gasteiger partial charge in [0.15, 0.2) is 0 Å². The van der Waals surface area contributed by atoms with Gasteiger partial charge in [-0.05, 0) is 111 Å². The number of hydrogen-bond acceptors (Lipinski definition) is 10. The van der Waals surface area contributed by atoms with E-state index in [0.717, 1.165) is 45.5 Å². The number of carbonyl (C=O) groups is 1. The van der Waals surface area contributed by atoms with Crippen LogP contribution in [0.15, 0.2) is 143 Å². The molecule has 0 saturated carbocycles. The molecule has 2 aliphatic heterocycles. The molecule has 1 N–H and O–H groups in total. The van der Waals surface area contributed by atoms with Gasteiger partial charge in [-0.25, -0.2) is 9.46 Å². The number of hydrogen-bond donors (Lipinski definition) is 1. The number of carbonyl (C=O) groups excluding carboxylic acids is 1. The summed E-state index contributed by atoms with van der Waals surface area (Å²) >= 11 is 0. The highest BCUT2D eigenvalue weighted by atomic mass is 31.2. The number of nitrogens with one attached hydrogen (secondary N) is 1. The number of benzene rings is 5. The van der Waals surface area contributed by atoms with E-state index < -0.39 is 43.8 Å². The van der Waals surface area contributed by atoms with Gasteiger partial charge in [-0.1, -0.05) is 116 Å². The Labute approximate surface area is 424 Å². The Morgan fingerprint density at radius 3 is 2.01 bits per heavy atom. The van der Waals surface area contributed by atoms with Crippen LogP contribution in [0.4, 0.5) is 5.69 Å². The molecule has 0 bridgehead atoms. The molecule has 72 heavy (non-hydrogen) atoms. The number of rotatable bonds is 21. The number of H-pyrrole nitrogens is 1. The van der Waals surface area contributed by atoms with Gasteiger partial charge in [0.1, 0.15) is 29.4 Å². The Bertz CT molecular complexity index is 2830. The summed E-state index contributed by atoms with van der Waals surface area (Å²) in [5.41, 5.74) is 4.93. The predicted octanol–water partition coefficient (Wildman–Crippen LogP) is 11.2. The van der Waals surface area contributed by atoms with Gasteiger partial charge in [0.25, 0.3) is 14.1 Å². The lowest BCUT2D eigenvalue weighted by Crippen LogP contribution is -2.39. The lowest BCUT2D eigenvalue weighted by molar-refractivity contribution is -0.118. The first-order valence-electron chi connectivity index (χ1n) is 24.9. The van der Waals surface area contributed by atoms with Crippen molar-refractivity contribution in [1.29, 1.82) is 0 Å². The van der Waals surface area contributed by atoms with E-state index in [4.69, 9.17) is 28.0 Å². The smallest absolute Gasteiger partial charge is 0.330 e. The van der Waals surface area contributed by atoms with Crippen LogP contribution in [0.25, 0.3) is 12.2 Å². The van der Waals surface area contributed by atoms with E-state index >= 15 is 0 Å². The summed E-state index contributed by atoms with van der Waals surface area (Å²) in [6.07, 6.45) is 6.52. The fourth-order valence-corrected chi connectivity index (χ4v) is 11.5. The fraction of sp³-hybridized carbons (Fsp3) is 0.362. The van der Waals surface area contributed by atoms with Crippen molar-refractivity contribution in [3.63, 3.8) is 0 Å². The second-order valence-corrected chi connectivity index (χ2v) is 20.2. The largest absolute Gasteiger partial charge is 0.497 e. The van der Waals surface area contributed by atoms with E-state index in [1.54, 1.807) is 21.1 Å². The average molecular weight is 995 g/mol. The zero-order valence-electron chi connectivity index (χ0n) is 42.4. The molecular formula is C58H67N4O9P. The van der Waals surface area contributed by atoms with Gasteiger partial charge in [-0.3, -0.25) is 19.1 Å². The number of methoxy groups -OCH3 is 2. The Hall–Kier alpha value is -6.18. The highest BCUT2D eigenvalue weighted by molar-refractivity contribution is 7.44. The number of unbranched alkanes of at least 4 members (excludes halogenated alkanes) is 2. The van der Waals surface area contributed by atoms with Gasteiger partial charge >= 0.3 is 5.69 Å². The Kier molecular flexibility index (Phi) is 17.4. The van der Waals surface area contributed by atoms with E-state index in [9.17, 15) is 14.4 Å². The van der Waals surface area contributed by atoms with Crippen LogP contribution in [0, 0.1) is 6.92 Å². The summed E-state index contributed by atoms with van der Waals surface area (Å²) < 4.78 is 43.0. The summed E-state index contributed by atoms with van der Waals surface area (Å²) in [5.74, 6) is 1.49. The number of aryl methyl sites for hydroxylation is 1. The van der Waals surface area contributed by atoms with Gasteiger partial charge in [0.2, 0.25) is 5.91 Å². The molecule has 378 valence electrons. The lowest BCUT2D eigenvalue weighted by Gasteiger charge is -2.39. The molecule has 4 unspecified atom stereocenters. The SMILES string of the molecule is COc1ccc(C(OCC2OC(n3cc(C)c(=O)[nH]c3=O)CC2OP(OCCCCCC(=O)N2Cc3ccccc3/C=C\c3ccccc32)N(C(C)C)C(C)C)(c2ccccc2)c2ccc(OC)cc2)cc1. The molecule has 1 aromatic heterocycles. The maximum atomic E-state index is 14.0. The first-order chi connectivity index (χ1) is 34.9. The van der Waals surface area contributed by atoms with Crippen LogP contribution in [0.3, 0.4) is 0 Å². The number of ether oxygens (including phenoxy) is 4. The molecule has 13 nitrogen and oxygen atoms in total. The average Bonchev–Trinajstić information content (AvgIpc) is 3.78. The number of aromatic amines is 1. The van der Waals surface area contributed by atoms with E-state index in [-0.39, 0.29) is 31.0 Å². The molecule has 6 aromatic rings. The Balaban J connectivity index is 1.04. The second-order valence-electron chi connectivity index (χ2n) is 18.8. The molecule has 0 aliphatic carbocycles. The third-order valence-corrected chi connectivity index (χ3v) is 15.5. The quantitative estimate of drug-likeness (QED) is 0.0422. The topological polar surface area (TPSA) is 134 Å². The zero-order valence-corrected chi connectivity index (χ0v) is 43.3. The summed E-state index contributed by atoms with van der Waals surface area (Å²) in [4.78, 5) is 44.4. The number of aromatic nitrogens is 2. The van der Waals surface area contributed by atoms with Crippen molar-refractivity contribution in [2.75, 3.05) is 32.3 Å². The number of amides is 1. The highest BCUT2D eigenvalue weighted by Gasteiger charge is 2.45. The number of fused-ring (bicyclic) bond motifs is 2. The summed E-state index contributed by atoms with van der Waals surface area (Å²) in [5, 5.41) is 0. The van der Waals surface area contributed by atoms with Crippen LogP contribution < -0.4 is 25.6 Å². The number of para-hydroxylation sites is 1. The standard InChI is InChI=1S/C58H67N4O9P/c1-40(2)62(41(3)4)72(69-35-17-9-12-24-54(63)60-38-45-20-14-13-18-43(45)25-26-44-19-15-16-23-51(44)60)71-52-36-55(61-37-42(5)56(64)59-57(61)65)70-53(52)39-68-58(46-21-10-8-11-22-46,47-27-31-49(66-6)32-28-47)48-29-33-50(67-7)34-30-48/h8,10-11,13-16,18-23,25-34,37,40-41,52-53,55H,9,12,17,24,35-36,38-39H2,1-7H3,(H,59,64,65)/b26-25-. The van der Waals surface area contributed by atoms with Gasteiger partial charge in [0, 0.05) is 36.7 Å². The van der Waals surface area contributed by atoms with E-state index in [2.05, 4.69) is 67.7 Å². The minimum absolute atomic E-state index is 0.0368. The van der Waals surface area contributed by atoms with Crippen molar-refractivity contribution in [3.8, 4) is 11.5 Å². The first-order valence-corrected chi connectivity index (χ1v) is 26.0. The second kappa shape index (κ2) is 24.0. The van der Waals surface area contributed by atoms with Crippen LogP contribution in [0.2, 0.25) is 0 Å². The maximum absolute atomic E-state index is 14.0. The molecule has 2 aliphatic rings. The van der Waals surface area contributed by atoms with Crippen molar-refractivity contribution in [2.24, 2.45) is 0 Å². The van der Waals surface area contributed by atoms with Crippen molar-refractivity contribution < 1.29 is 32.8 Å². The maximum Gasteiger partial charge on any atom is 0.330 e. The van der Waals surface area contributed by atoms with E-state index in [0.29, 0.717) is 49.5 Å². The molecular weight excluding hydrogens is 928 g/mol.